The maximum atomic E-state index is 15.7. The summed E-state index contributed by atoms with van der Waals surface area (Å²) in [5, 5.41) is 45.4. The summed E-state index contributed by atoms with van der Waals surface area (Å²) in [6, 6.07) is 41.0. The number of aliphatic hydroxyl groups is 1. The summed E-state index contributed by atoms with van der Waals surface area (Å²) < 4.78 is 4.47. The summed E-state index contributed by atoms with van der Waals surface area (Å²) >= 11 is 1.47. The molecule has 11 N–H and O–H groups in total. The number of likely N-dealkylation sites (N-methyl/N-ethyl adjacent to an activating group) is 1. The standard InChI is InChI=1S/C80H100N10O12S/c1-51(91)68-74(99)87-64(46-52-27-15-11-16-28-52)75(100)90(10)66(42-43-67(93)83-65(72(97)89-79(8,9)50-77(2,3)4)49-103-80(55-29-17-12-18-30-55,56-31-19-13-20-32-56)57-33-21-14-22-34-57)73(98)86-62(45-53-38-40-58(92)41-39-53)70(95)85-63(47-54-48-82-60-36-24-23-35-59(54)60)71(96)84-61(69(94)88-68)37-25-26-44-81-76(101)102-78(5,6)7/h11-24,27-36,38-41,48,51,61-66,68,82,91-92H,25-26,37,42-47,49-50H2,1-10H3,(H,81,101)(H,83,93)(H,84,96)(H,85,95)(H,86,98)(H,87,99)(H,88,94)(H,89,97)/t51-,61+,62+,63-,64+,65+,66+,68+/m1/s1. The number of unbranched alkanes of at least 4 members (excludes halogenated alkanes) is 1. The van der Waals surface area contributed by atoms with E-state index in [1.807, 2.05) is 129 Å². The average molecular weight is 1430 g/mol. The zero-order valence-electron chi connectivity index (χ0n) is 60.5. The molecule has 1 aromatic heterocycles. The van der Waals surface area contributed by atoms with Gasteiger partial charge in [-0.1, -0.05) is 172 Å². The van der Waals surface area contributed by atoms with Crippen molar-refractivity contribution in [1.29, 1.82) is 0 Å². The highest BCUT2D eigenvalue weighted by molar-refractivity contribution is 8.00. The molecule has 23 heteroatoms. The number of nitrogens with zero attached hydrogens (tertiary/aromatic N) is 1. The molecular weight excluding hydrogens is 1330 g/mol. The molecule has 1 fully saturated rings. The third-order valence-electron chi connectivity index (χ3n) is 17.8. The minimum absolute atomic E-state index is 0.0298. The summed E-state index contributed by atoms with van der Waals surface area (Å²) in [4.78, 5) is 139. The van der Waals surface area contributed by atoms with Gasteiger partial charge >= 0.3 is 6.09 Å². The summed E-state index contributed by atoms with van der Waals surface area (Å²) in [6.45, 7) is 16.6. The van der Waals surface area contributed by atoms with Crippen molar-refractivity contribution in [3.63, 3.8) is 0 Å². The molecule has 0 saturated carbocycles. The molecule has 7 aromatic rings. The van der Waals surface area contributed by atoms with E-state index < -0.39 is 130 Å². The number of aromatic amines is 1. The van der Waals surface area contributed by atoms with E-state index in [4.69, 9.17) is 4.74 Å². The zero-order valence-corrected chi connectivity index (χ0v) is 61.3. The number of aliphatic hydroxyl groups excluding tert-OH is 1. The number of aromatic nitrogens is 1. The van der Waals surface area contributed by atoms with Crippen LogP contribution in [-0.2, 0) is 67.1 Å². The Labute approximate surface area is 607 Å². The first kappa shape index (κ1) is 78.7. The van der Waals surface area contributed by atoms with Crippen molar-refractivity contribution in [2.24, 2.45) is 5.41 Å². The Morgan fingerprint density at radius 1 is 0.583 bits per heavy atom. The van der Waals surface area contributed by atoms with Crippen LogP contribution in [0.1, 0.15) is 134 Å². The smallest absolute Gasteiger partial charge is 0.407 e. The Kier molecular flexibility index (Phi) is 27.3. The fourth-order valence-electron chi connectivity index (χ4n) is 13.2. The van der Waals surface area contributed by atoms with E-state index in [0.717, 1.165) is 32.5 Å². The van der Waals surface area contributed by atoms with Crippen molar-refractivity contribution >= 4 is 76.0 Å². The molecule has 6 aromatic carbocycles. The van der Waals surface area contributed by atoms with Crippen LogP contribution in [0.25, 0.3) is 10.9 Å². The quantitative estimate of drug-likeness (QED) is 0.0189. The van der Waals surface area contributed by atoms with E-state index in [2.05, 4.69) is 68.3 Å². The molecule has 103 heavy (non-hydrogen) atoms. The Balaban J connectivity index is 1.19. The summed E-state index contributed by atoms with van der Waals surface area (Å²) in [5.74, 6) is -6.57. The number of para-hydroxylation sites is 1. The van der Waals surface area contributed by atoms with Crippen LogP contribution in [0, 0.1) is 5.41 Å². The van der Waals surface area contributed by atoms with Crippen LogP contribution in [0.3, 0.4) is 0 Å². The number of hydrogen-bond acceptors (Lipinski definition) is 13. The number of phenolic OH excluding ortho intramolecular Hbond substituents is 1. The molecule has 0 unspecified atom stereocenters. The van der Waals surface area contributed by atoms with Crippen molar-refractivity contribution in [2.45, 2.75) is 184 Å². The minimum atomic E-state index is -1.75. The normalized spacial score (nSPS) is 19.1. The molecule has 2 heterocycles. The highest BCUT2D eigenvalue weighted by Crippen LogP contribution is 2.49. The molecule has 0 spiro atoms. The van der Waals surface area contributed by atoms with Gasteiger partial charge in [-0.05, 0) is 131 Å². The Morgan fingerprint density at radius 2 is 1.09 bits per heavy atom. The number of benzene rings is 6. The number of ether oxygens (including phenoxy) is 1. The van der Waals surface area contributed by atoms with Gasteiger partial charge in [0.25, 0.3) is 0 Å². The predicted molar refractivity (Wildman–Crippen MR) is 399 cm³/mol. The zero-order chi connectivity index (χ0) is 74.7. The lowest BCUT2D eigenvalue weighted by molar-refractivity contribution is -0.144. The Bertz CT molecular complexity index is 3920. The SMILES string of the molecule is C[C@@H](O)[C@@H]1NC(=O)[C@H](CCCCNC(=O)OC(C)(C)C)NC(=O)[C@@H](Cc2c[nH]c3ccccc23)NC(=O)[C@H](Cc2ccc(O)cc2)NC(=O)[C@H](CCC(=O)N[C@@H](CSC(c2ccccc2)(c2ccccc2)c2ccccc2)C(=O)NC(C)(C)CC(C)(C)C)N(C)C(=O)[C@H](Cc2ccccc2)NC1=O. The first-order valence-corrected chi connectivity index (χ1v) is 36.1. The minimum Gasteiger partial charge on any atom is -0.508 e. The lowest BCUT2D eigenvalue weighted by Crippen LogP contribution is -2.63. The number of carbonyl (C=O) groups is 9. The second-order valence-electron chi connectivity index (χ2n) is 29.3. The number of nitrogens with one attached hydrogen (secondary N) is 9. The lowest BCUT2D eigenvalue weighted by atomic mass is 9.81. The number of aromatic hydroxyl groups is 1. The number of rotatable bonds is 25. The van der Waals surface area contributed by atoms with Crippen LogP contribution in [0.15, 0.2) is 176 Å². The van der Waals surface area contributed by atoms with Crippen LogP contribution >= 0.6 is 11.8 Å². The number of thioether (sulfide) groups is 1. The summed E-state index contributed by atoms with van der Waals surface area (Å²) in [5.41, 5.74) is 3.35. The number of carbonyl (C=O) groups excluding carboxylic acids is 9. The Morgan fingerprint density at radius 3 is 1.66 bits per heavy atom. The average Bonchev–Trinajstić information content (AvgIpc) is 1.16. The molecule has 548 valence electrons. The molecule has 1 aliphatic rings. The van der Waals surface area contributed by atoms with Gasteiger partial charge in [-0.2, -0.15) is 0 Å². The lowest BCUT2D eigenvalue weighted by Gasteiger charge is -2.38. The molecule has 8 atom stereocenters. The first-order valence-electron chi connectivity index (χ1n) is 35.1. The van der Waals surface area contributed by atoms with Crippen molar-refractivity contribution < 1.29 is 58.1 Å². The van der Waals surface area contributed by atoms with E-state index in [0.29, 0.717) is 29.5 Å². The molecule has 1 saturated heterocycles. The molecule has 22 nitrogen and oxygen atoms in total. The molecule has 9 amide bonds. The number of fused-ring (bicyclic) bond motifs is 1. The summed E-state index contributed by atoms with van der Waals surface area (Å²) in [6.07, 6.45) is -1.06. The number of amides is 9. The number of hydrogen-bond donors (Lipinski definition) is 11. The van der Waals surface area contributed by atoms with Gasteiger partial charge in [0, 0.05) is 67.7 Å². The van der Waals surface area contributed by atoms with E-state index in [-0.39, 0.29) is 55.6 Å². The third kappa shape index (κ3) is 22.7. The maximum absolute atomic E-state index is 15.7. The second kappa shape index (κ2) is 35.7. The molecule has 0 bridgehead atoms. The van der Waals surface area contributed by atoms with Crippen LogP contribution in [0.4, 0.5) is 4.79 Å². The van der Waals surface area contributed by atoms with Crippen LogP contribution < -0.4 is 42.5 Å². The van der Waals surface area contributed by atoms with E-state index in [9.17, 15) is 24.6 Å². The van der Waals surface area contributed by atoms with Gasteiger partial charge in [-0.3, -0.25) is 38.4 Å². The monoisotopic (exact) mass is 1420 g/mol. The predicted octanol–water partition coefficient (Wildman–Crippen LogP) is 8.56. The van der Waals surface area contributed by atoms with Gasteiger partial charge < -0.3 is 67.4 Å². The van der Waals surface area contributed by atoms with Gasteiger partial charge in [0.15, 0.2) is 0 Å². The van der Waals surface area contributed by atoms with Gasteiger partial charge in [-0.25, -0.2) is 4.79 Å². The van der Waals surface area contributed by atoms with Gasteiger partial charge in [0.1, 0.15) is 53.6 Å². The topological polar surface area (TPSA) is 319 Å². The van der Waals surface area contributed by atoms with E-state index in [1.54, 1.807) is 69.4 Å². The fraction of sp³-hybridized carbons (Fsp3) is 0.412. The summed E-state index contributed by atoms with van der Waals surface area (Å²) in [7, 11) is 1.33. The number of alkyl carbamates (subject to hydrolysis) is 1. The fourth-order valence-corrected chi connectivity index (χ4v) is 14.8. The Hall–Kier alpha value is -10.0. The number of phenols is 1. The van der Waals surface area contributed by atoms with E-state index >= 15 is 28.8 Å². The number of H-pyrrole nitrogens is 1. The van der Waals surface area contributed by atoms with Gasteiger partial charge in [0.05, 0.1) is 10.9 Å². The highest BCUT2D eigenvalue weighted by Gasteiger charge is 2.42. The molecule has 1 aliphatic heterocycles. The van der Waals surface area contributed by atoms with Crippen molar-refractivity contribution in [3.8, 4) is 5.75 Å². The van der Waals surface area contributed by atoms with Gasteiger partial charge in [0.2, 0.25) is 47.3 Å². The van der Waals surface area contributed by atoms with Crippen molar-refractivity contribution in [2.75, 3.05) is 19.3 Å². The van der Waals surface area contributed by atoms with Crippen molar-refractivity contribution in [3.05, 3.63) is 209 Å². The maximum Gasteiger partial charge on any atom is 0.407 e. The third-order valence-corrected chi connectivity index (χ3v) is 19.4. The van der Waals surface area contributed by atoms with E-state index in [1.165, 1.54) is 37.9 Å². The second-order valence-corrected chi connectivity index (χ2v) is 30.6. The highest BCUT2D eigenvalue weighted by atomic mass is 32.2. The van der Waals surface area contributed by atoms with Crippen molar-refractivity contribution in [1.82, 2.24) is 52.4 Å². The van der Waals surface area contributed by atoms with Gasteiger partial charge in [-0.15, -0.1) is 11.8 Å². The molecule has 0 aliphatic carbocycles. The largest absolute Gasteiger partial charge is 0.508 e. The molecule has 8 rings (SSSR count). The molecule has 0 radical (unpaired) electrons. The van der Waals surface area contributed by atoms with Crippen LogP contribution in [0.5, 0.6) is 5.75 Å². The van der Waals surface area contributed by atoms with Crippen LogP contribution in [0.2, 0.25) is 0 Å². The van der Waals surface area contributed by atoms with Crippen LogP contribution in [-0.4, -0.2) is 152 Å². The first-order chi connectivity index (χ1) is 48.9. The molecular formula is C80H100N10O12S.